The molecule has 0 N–H and O–H groups in total. The minimum Gasteiger partial charge on any atom is -0.310 e. The van der Waals surface area contributed by atoms with E-state index >= 15 is 0 Å². The van der Waals surface area contributed by atoms with Crippen LogP contribution in [0.15, 0.2) is 236 Å². The van der Waals surface area contributed by atoms with E-state index in [9.17, 15) is 11.0 Å². The predicted molar refractivity (Wildman–Crippen MR) is 275 cm³/mol. The molecule has 0 saturated carbocycles. The van der Waals surface area contributed by atoms with E-state index < -0.39 is 5.41 Å². The van der Waals surface area contributed by atoms with Crippen LogP contribution in [-0.2, 0) is 5.41 Å². The van der Waals surface area contributed by atoms with Gasteiger partial charge in [0.25, 0.3) is 0 Å². The zero-order chi connectivity index (χ0) is 49.2. The van der Waals surface area contributed by atoms with Crippen molar-refractivity contribution in [2.24, 2.45) is 0 Å². The Hall–Kier alpha value is -7.56. The van der Waals surface area contributed by atoms with Crippen LogP contribution in [-0.4, -0.2) is 0 Å². The lowest BCUT2D eigenvalue weighted by Crippen LogP contribution is -2.28. The largest absolute Gasteiger partial charge is 0.310 e. The first kappa shape index (κ1) is 29.7. The molecule has 0 atom stereocenters. The van der Waals surface area contributed by atoms with E-state index in [0.29, 0.717) is 16.8 Å². The van der Waals surface area contributed by atoms with Gasteiger partial charge in [0, 0.05) is 57.4 Å². The van der Waals surface area contributed by atoms with Crippen LogP contribution in [0.25, 0.3) is 73.7 Å². The van der Waals surface area contributed by atoms with Gasteiger partial charge < -0.3 is 4.90 Å². The Kier molecular flexibility index (Phi) is 6.86. The van der Waals surface area contributed by atoms with Crippen molar-refractivity contribution in [1.29, 1.82) is 0 Å². The van der Waals surface area contributed by atoms with Gasteiger partial charge in [-0.2, -0.15) is 0 Å². The summed E-state index contributed by atoms with van der Waals surface area (Å²) in [5.41, 5.74) is 6.36. The summed E-state index contributed by atoms with van der Waals surface area (Å²) in [4.78, 5) is 1.44. The highest BCUT2D eigenvalue weighted by Gasteiger charge is 2.46. The van der Waals surface area contributed by atoms with Crippen molar-refractivity contribution < 1.29 is 11.0 Å². The smallest absolute Gasteiger partial charge is 0.0714 e. The maximum Gasteiger partial charge on any atom is 0.0714 e. The first-order valence-corrected chi connectivity index (χ1v) is 22.9. The fourth-order valence-corrected chi connectivity index (χ4v) is 12.4. The number of rotatable bonds is 7. The second-order valence-electron chi connectivity index (χ2n) is 16.1. The van der Waals surface area contributed by atoms with Crippen molar-refractivity contribution in [2.75, 3.05) is 4.90 Å². The molecule has 0 saturated heterocycles. The van der Waals surface area contributed by atoms with Gasteiger partial charge in [-0.1, -0.05) is 188 Å². The van der Waals surface area contributed by atoms with E-state index in [2.05, 4.69) is 36.4 Å². The molecule has 300 valence electrons. The van der Waals surface area contributed by atoms with E-state index in [1.807, 2.05) is 152 Å². The van der Waals surface area contributed by atoms with E-state index in [1.54, 1.807) is 0 Å². The average molecular weight is 858 g/mol. The molecule has 0 fully saturated rings. The van der Waals surface area contributed by atoms with E-state index in [4.69, 9.17) is 0 Å². The van der Waals surface area contributed by atoms with E-state index in [1.165, 1.54) is 27.6 Å². The van der Waals surface area contributed by atoms with Gasteiger partial charge >= 0.3 is 0 Å². The van der Waals surface area contributed by atoms with Crippen molar-refractivity contribution in [3.8, 4) is 33.4 Å². The van der Waals surface area contributed by atoms with Crippen LogP contribution in [0.3, 0.4) is 0 Å². The number of thiophene rings is 2. The second-order valence-corrected chi connectivity index (χ2v) is 18.2. The van der Waals surface area contributed by atoms with E-state index in [-0.39, 0.29) is 70.8 Å². The first-order valence-electron chi connectivity index (χ1n) is 25.3. The molecule has 0 unspecified atom stereocenters. The number of nitrogens with zero attached hydrogens (tertiary/aromatic N) is 1. The molecule has 2 aromatic heterocycles. The Morgan fingerprint density at radius 3 is 1.33 bits per heavy atom. The number of fused-ring (bicyclic) bond motifs is 9. The Balaban J connectivity index is 1.11. The molecule has 13 rings (SSSR count). The Morgan fingerprint density at radius 1 is 0.344 bits per heavy atom. The first-order chi connectivity index (χ1) is 35.1. The zero-order valence-corrected chi connectivity index (χ0v) is 35.8. The molecule has 3 heteroatoms. The minimum atomic E-state index is -0.876. The van der Waals surface area contributed by atoms with Gasteiger partial charge in [-0.25, -0.2) is 0 Å². The van der Waals surface area contributed by atoms with Crippen LogP contribution in [0, 0.1) is 0 Å². The second kappa shape index (κ2) is 14.8. The molecule has 0 spiro atoms. The van der Waals surface area contributed by atoms with Crippen molar-refractivity contribution in [3.63, 3.8) is 0 Å². The molecule has 1 aliphatic carbocycles. The topological polar surface area (TPSA) is 3.24 Å². The third-order valence-corrected chi connectivity index (χ3v) is 15.2. The molecule has 64 heavy (non-hydrogen) atoms. The summed E-state index contributed by atoms with van der Waals surface area (Å²) >= 11 is 3.07. The highest BCUT2D eigenvalue weighted by atomic mass is 32.1. The SMILES string of the molecule is [2H]c1c([2H])c(N(c2ccc3c(c2)C(c2ccccc2)(c2ccccc2)c2ccccc2-3)c2c([2H])c([2H])c(-c3cccc4c3sc3ccccc34)c([2H])c2[2H])c([2H])c([2H])c1-c1cccc2c1sc1ccccc12. The van der Waals surface area contributed by atoms with Crippen LogP contribution in [0.1, 0.15) is 33.2 Å². The summed E-state index contributed by atoms with van der Waals surface area (Å²) < 4.78 is 83.0. The molecule has 12 aromatic rings. The maximum atomic E-state index is 10.00. The Morgan fingerprint density at radius 2 is 0.781 bits per heavy atom. The van der Waals surface area contributed by atoms with E-state index in [0.717, 1.165) is 73.7 Å². The molecule has 1 aliphatic rings. The van der Waals surface area contributed by atoms with Crippen LogP contribution >= 0.6 is 22.7 Å². The normalized spacial score (nSPS) is 14.6. The summed E-state index contributed by atoms with van der Waals surface area (Å²) in [6.07, 6.45) is 0. The minimum absolute atomic E-state index is 0.133. The third-order valence-electron chi connectivity index (χ3n) is 12.7. The molecule has 0 amide bonds. The summed E-state index contributed by atoms with van der Waals surface area (Å²) in [6, 6.07) is 59.4. The Labute approximate surface area is 391 Å². The summed E-state index contributed by atoms with van der Waals surface area (Å²) in [6.45, 7) is 0. The average Bonchev–Trinajstić information content (AvgIpc) is 4.09. The van der Waals surface area contributed by atoms with Crippen LogP contribution in [0.4, 0.5) is 17.1 Å². The molecule has 2 heterocycles. The van der Waals surface area contributed by atoms with Gasteiger partial charge in [0.1, 0.15) is 0 Å². The van der Waals surface area contributed by atoms with Crippen molar-refractivity contribution in [3.05, 3.63) is 259 Å². The standard InChI is InChI=1S/C61H39NS2/c1-3-15-42(16-4-1)61(43-17-5-2-6-18-43)55-26-10-7-19-49(55)50-38-37-46(39-56(50)61)62(44-33-29-40(30-34-44)47-22-13-24-53-51-20-8-11-27-57(51)63-59(47)53)45-35-31-41(32-36-45)48-23-14-25-54-52-21-9-12-28-58(52)64-60(48)54/h1-39H/i29D,30D,31D,32D,33D,34D,35D,36D. The quantitative estimate of drug-likeness (QED) is 0.154. The van der Waals surface area contributed by atoms with Crippen LogP contribution in [0.5, 0.6) is 0 Å². The molecular formula is C61H39NS2. The monoisotopic (exact) mass is 857 g/mol. The molecule has 10 aromatic carbocycles. The van der Waals surface area contributed by atoms with Gasteiger partial charge in [0.05, 0.1) is 16.4 Å². The molecule has 0 bridgehead atoms. The third kappa shape index (κ3) is 5.61. The fourth-order valence-electron chi connectivity index (χ4n) is 9.93. The molecule has 1 nitrogen and oxygen atoms in total. The van der Waals surface area contributed by atoms with Crippen LogP contribution in [0.2, 0.25) is 0 Å². The number of hydrogen-bond acceptors (Lipinski definition) is 3. The lowest BCUT2D eigenvalue weighted by Gasteiger charge is -2.35. The van der Waals surface area contributed by atoms with Gasteiger partial charge in [-0.3, -0.25) is 0 Å². The van der Waals surface area contributed by atoms with Crippen molar-refractivity contribution in [1.82, 2.24) is 0 Å². The van der Waals surface area contributed by atoms with Crippen molar-refractivity contribution >= 4 is 80.1 Å². The maximum absolute atomic E-state index is 10.00. The molecular weight excluding hydrogens is 811 g/mol. The lowest BCUT2D eigenvalue weighted by atomic mass is 9.67. The highest BCUT2D eigenvalue weighted by molar-refractivity contribution is 7.26. The molecule has 0 radical (unpaired) electrons. The summed E-state index contributed by atoms with van der Waals surface area (Å²) in [7, 11) is 0. The predicted octanol–water partition coefficient (Wildman–Crippen LogP) is 17.6. The summed E-state index contributed by atoms with van der Waals surface area (Å²) in [5, 5.41) is 3.97. The van der Waals surface area contributed by atoms with Crippen LogP contribution < -0.4 is 4.90 Å². The van der Waals surface area contributed by atoms with Crippen molar-refractivity contribution in [2.45, 2.75) is 5.41 Å². The fraction of sp³-hybridized carbons (Fsp3) is 0.0164. The number of hydrogen-bond donors (Lipinski definition) is 0. The van der Waals surface area contributed by atoms with Gasteiger partial charge in [-0.15, -0.1) is 22.7 Å². The van der Waals surface area contributed by atoms with Gasteiger partial charge in [0.2, 0.25) is 0 Å². The number of benzene rings is 10. The Bertz CT molecular complexity index is 3940. The molecule has 0 aliphatic heterocycles. The summed E-state index contributed by atoms with van der Waals surface area (Å²) in [5.74, 6) is 0. The zero-order valence-electron chi connectivity index (χ0n) is 42.2. The number of anilines is 3. The lowest BCUT2D eigenvalue weighted by molar-refractivity contribution is 0.768. The van der Waals surface area contributed by atoms with Gasteiger partial charge in [-0.05, 0) is 104 Å². The van der Waals surface area contributed by atoms with Gasteiger partial charge in [0.15, 0.2) is 0 Å². The highest BCUT2D eigenvalue weighted by Crippen LogP contribution is 2.57.